The number of anilines is 2. The van der Waals surface area contributed by atoms with E-state index in [-0.39, 0.29) is 18.7 Å². The highest BCUT2D eigenvalue weighted by atomic mass is 16.7. The van der Waals surface area contributed by atoms with E-state index in [1.165, 1.54) is 6.92 Å². The third-order valence-electron chi connectivity index (χ3n) is 3.44. The topological polar surface area (TPSA) is 97.9 Å². The number of carbonyl (C=O) groups excluding carboxylic acids is 2. The van der Waals surface area contributed by atoms with Crippen molar-refractivity contribution in [1.82, 2.24) is 5.32 Å². The van der Waals surface area contributed by atoms with Crippen LogP contribution in [0.1, 0.15) is 6.92 Å². The molecule has 0 atom stereocenters. The van der Waals surface area contributed by atoms with Crippen molar-refractivity contribution in [2.24, 2.45) is 0 Å². The minimum absolute atomic E-state index is 0.174. The maximum atomic E-state index is 11.9. The highest BCUT2D eigenvalue weighted by Crippen LogP contribution is 2.34. The van der Waals surface area contributed by atoms with Crippen LogP contribution in [0.5, 0.6) is 17.2 Å². The number of rotatable bonds is 6. The zero-order valence-electron chi connectivity index (χ0n) is 14.2. The zero-order chi connectivity index (χ0) is 18.4. The van der Waals surface area contributed by atoms with Gasteiger partial charge in [0.25, 0.3) is 0 Å². The van der Waals surface area contributed by atoms with E-state index < -0.39 is 0 Å². The first-order valence-electron chi connectivity index (χ1n) is 8.05. The van der Waals surface area contributed by atoms with Gasteiger partial charge in [-0.05, 0) is 30.3 Å². The van der Waals surface area contributed by atoms with Gasteiger partial charge in [-0.2, -0.15) is 0 Å². The van der Waals surface area contributed by atoms with Crippen LogP contribution in [-0.4, -0.2) is 31.9 Å². The van der Waals surface area contributed by atoms with Crippen molar-refractivity contribution in [3.8, 4) is 17.2 Å². The molecule has 2 aromatic rings. The maximum absolute atomic E-state index is 11.9. The summed E-state index contributed by atoms with van der Waals surface area (Å²) in [6.45, 7) is 2.27. The molecule has 1 aliphatic rings. The van der Waals surface area contributed by atoms with Crippen LogP contribution in [0.2, 0.25) is 0 Å². The maximum Gasteiger partial charge on any atom is 0.319 e. The van der Waals surface area contributed by atoms with E-state index in [1.54, 1.807) is 42.5 Å². The molecule has 3 amide bonds. The van der Waals surface area contributed by atoms with Crippen molar-refractivity contribution in [1.29, 1.82) is 0 Å². The largest absolute Gasteiger partial charge is 0.492 e. The average molecular weight is 357 g/mol. The second kappa shape index (κ2) is 8.11. The van der Waals surface area contributed by atoms with Gasteiger partial charge < -0.3 is 30.2 Å². The lowest BCUT2D eigenvalue weighted by Gasteiger charge is -2.10. The SMILES string of the molecule is CC(=O)Nc1cccc(NC(=O)NCCOc2ccc3c(c2)OCO3)c1. The highest BCUT2D eigenvalue weighted by Gasteiger charge is 2.13. The quantitative estimate of drug-likeness (QED) is 0.690. The first-order valence-corrected chi connectivity index (χ1v) is 8.05. The van der Waals surface area contributed by atoms with Crippen molar-refractivity contribution >= 4 is 23.3 Å². The van der Waals surface area contributed by atoms with E-state index in [4.69, 9.17) is 14.2 Å². The molecule has 0 aliphatic carbocycles. The summed E-state index contributed by atoms with van der Waals surface area (Å²) < 4.78 is 16.1. The summed E-state index contributed by atoms with van der Waals surface area (Å²) in [6, 6.07) is 11.8. The van der Waals surface area contributed by atoms with Crippen molar-refractivity contribution < 1.29 is 23.8 Å². The Morgan fingerprint density at radius 3 is 2.62 bits per heavy atom. The van der Waals surface area contributed by atoms with Gasteiger partial charge in [0, 0.05) is 24.4 Å². The van der Waals surface area contributed by atoms with E-state index in [0.29, 0.717) is 41.8 Å². The molecule has 0 unspecified atom stereocenters. The highest BCUT2D eigenvalue weighted by molar-refractivity contribution is 5.92. The summed E-state index contributed by atoms with van der Waals surface area (Å²) in [5.41, 5.74) is 1.19. The Labute approximate surface area is 150 Å². The molecule has 8 heteroatoms. The molecule has 0 saturated heterocycles. The van der Waals surface area contributed by atoms with Gasteiger partial charge in [0.15, 0.2) is 11.5 Å². The molecule has 0 aromatic heterocycles. The van der Waals surface area contributed by atoms with Crippen molar-refractivity contribution in [2.75, 3.05) is 30.6 Å². The van der Waals surface area contributed by atoms with Gasteiger partial charge in [-0.15, -0.1) is 0 Å². The van der Waals surface area contributed by atoms with E-state index in [9.17, 15) is 9.59 Å². The van der Waals surface area contributed by atoms with Crippen LogP contribution >= 0.6 is 0 Å². The lowest BCUT2D eigenvalue weighted by Crippen LogP contribution is -2.32. The van der Waals surface area contributed by atoms with Crippen molar-refractivity contribution in [2.45, 2.75) is 6.92 Å². The lowest BCUT2D eigenvalue weighted by atomic mass is 10.3. The molecular weight excluding hydrogens is 338 g/mol. The van der Waals surface area contributed by atoms with Crippen LogP contribution < -0.4 is 30.2 Å². The van der Waals surface area contributed by atoms with Gasteiger partial charge in [0.05, 0.1) is 6.54 Å². The predicted molar refractivity (Wildman–Crippen MR) is 95.8 cm³/mol. The number of amides is 3. The van der Waals surface area contributed by atoms with Crippen LogP contribution in [-0.2, 0) is 4.79 Å². The number of ether oxygens (including phenoxy) is 3. The monoisotopic (exact) mass is 357 g/mol. The zero-order valence-corrected chi connectivity index (χ0v) is 14.2. The van der Waals surface area contributed by atoms with Gasteiger partial charge in [0.2, 0.25) is 12.7 Å². The molecule has 0 fully saturated rings. The Morgan fingerprint density at radius 2 is 1.81 bits per heavy atom. The Hall–Kier alpha value is -3.42. The Kier molecular flexibility index (Phi) is 5.43. The molecule has 0 bridgehead atoms. The minimum atomic E-state index is -0.362. The number of hydrogen-bond acceptors (Lipinski definition) is 5. The number of urea groups is 1. The first kappa shape index (κ1) is 17.4. The van der Waals surface area contributed by atoms with Crippen molar-refractivity contribution in [3.63, 3.8) is 0 Å². The van der Waals surface area contributed by atoms with Gasteiger partial charge >= 0.3 is 6.03 Å². The first-order chi connectivity index (χ1) is 12.6. The standard InChI is InChI=1S/C18H19N3O5/c1-12(22)20-13-3-2-4-14(9-13)21-18(23)19-7-8-24-15-5-6-16-17(10-15)26-11-25-16/h2-6,9-10H,7-8,11H2,1H3,(H,20,22)(H2,19,21,23). The molecule has 3 rings (SSSR count). The van der Waals surface area contributed by atoms with Gasteiger partial charge in [0.1, 0.15) is 12.4 Å². The predicted octanol–water partition coefficient (Wildman–Crippen LogP) is 2.57. The Bertz CT molecular complexity index is 809. The molecule has 8 nitrogen and oxygen atoms in total. The summed E-state index contributed by atoms with van der Waals surface area (Å²) in [6.07, 6.45) is 0. The number of hydrogen-bond donors (Lipinski definition) is 3. The number of benzene rings is 2. The van der Waals surface area contributed by atoms with Crippen LogP contribution in [0.4, 0.5) is 16.2 Å². The fraction of sp³-hybridized carbons (Fsp3) is 0.222. The fourth-order valence-electron chi connectivity index (χ4n) is 2.35. The average Bonchev–Trinajstić information content (AvgIpc) is 3.06. The number of fused-ring (bicyclic) bond motifs is 1. The van der Waals surface area contributed by atoms with Gasteiger partial charge in [-0.1, -0.05) is 6.07 Å². The molecule has 0 radical (unpaired) electrons. The molecule has 1 heterocycles. The third kappa shape index (κ3) is 4.79. The van der Waals surface area contributed by atoms with E-state index in [1.807, 2.05) is 0 Å². The van der Waals surface area contributed by atoms with E-state index in [0.717, 1.165) is 0 Å². The second-order valence-corrected chi connectivity index (χ2v) is 5.51. The smallest absolute Gasteiger partial charge is 0.319 e. The Morgan fingerprint density at radius 1 is 1.04 bits per heavy atom. The van der Waals surface area contributed by atoms with E-state index >= 15 is 0 Å². The Balaban J connectivity index is 1.41. The number of carbonyl (C=O) groups is 2. The molecular formula is C18H19N3O5. The van der Waals surface area contributed by atoms with Crippen LogP contribution in [0, 0.1) is 0 Å². The van der Waals surface area contributed by atoms with Gasteiger partial charge in [-0.3, -0.25) is 4.79 Å². The summed E-state index contributed by atoms with van der Waals surface area (Å²) in [4.78, 5) is 23.0. The summed E-state index contributed by atoms with van der Waals surface area (Å²) in [7, 11) is 0. The lowest BCUT2D eigenvalue weighted by molar-refractivity contribution is -0.114. The molecule has 0 saturated carbocycles. The summed E-state index contributed by atoms with van der Waals surface area (Å²) >= 11 is 0. The van der Waals surface area contributed by atoms with Crippen LogP contribution in [0.25, 0.3) is 0 Å². The van der Waals surface area contributed by atoms with E-state index in [2.05, 4.69) is 16.0 Å². The fourth-order valence-corrected chi connectivity index (χ4v) is 2.35. The molecule has 136 valence electrons. The molecule has 26 heavy (non-hydrogen) atoms. The van der Waals surface area contributed by atoms with Crippen LogP contribution in [0.3, 0.4) is 0 Å². The third-order valence-corrected chi connectivity index (χ3v) is 3.44. The number of nitrogens with one attached hydrogen (secondary N) is 3. The summed E-state index contributed by atoms with van der Waals surface area (Å²) in [5.74, 6) is 1.80. The normalized spacial score (nSPS) is 11.6. The summed E-state index contributed by atoms with van der Waals surface area (Å²) in [5, 5.41) is 8.05. The second-order valence-electron chi connectivity index (χ2n) is 5.51. The minimum Gasteiger partial charge on any atom is -0.492 e. The molecule has 2 aromatic carbocycles. The molecule has 3 N–H and O–H groups in total. The van der Waals surface area contributed by atoms with Crippen molar-refractivity contribution in [3.05, 3.63) is 42.5 Å². The van der Waals surface area contributed by atoms with Crippen LogP contribution in [0.15, 0.2) is 42.5 Å². The van der Waals surface area contributed by atoms with Gasteiger partial charge in [-0.25, -0.2) is 4.79 Å². The molecule has 1 aliphatic heterocycles. The molecule has 0 spiro atoms.